The van der Waals surface area contributed by atoms with Crippen molar-refractivity contribution in [2.75, 3.05) is 13.7 Å². The third-order valence-electron chi connectivity index (χ3n) is 6.62. The minimum Gasteiger partial charge on any atom is -0.469 e. The molecule has 0 amide bonds. The van der Waals surface area contributed by atoms with E-state index in [0.29, 0.717) is 36.1 Å². The second-order valence-corrected chi connectivity index (χ2v) is 7.34. The third-order valence-corrected chi connectivity index (χ3v) is 6.62. The van der Waals surface area contributed by atoms with Gasteiger partial charge in [-0.1, -0.05) is 6.92 Å². The van der Waals surface area contributed by atoms with Crippen molar-refractivity contribution in [3.63, 3.8) is 0 Å². The molecule has 0 aromatic carbocycles. The summed E-state index contributed by atoms with van der Waals surface area (Å²) >= 11 is 0. The lowest BCUT2D eigenvalue weighted by atomic mass is 9.55. The lowest BCUT2D eigenvalue weighted by Gasteiger charge is -2.49. The van der Waals surface area contributed by atoms with Gasteiger partial charge >= 0.3 is 0 Å². The summed E-state index contributed by atoms with van der Waals surface area (Å²) in [5, 5.41) is 0. The molecule has 1 aliphatic heterocycles. The number of fused-ring (bicyclic) bond motifs is 4. The van der Waals surface area contributed by atoms with E-state index in [0.717, 1.165) is 32.1 Å². The van der Waals surface area contributed by atoms with Gasteiger partial charge in [-0.25, -0.2) is 0 Å². The zero-order valence-corrected chi connectivity index (χ0v) is 13.0. The van der Waals surface area contributed by atoms with Gasteiger partial charge in [0.2, 0.25) is 0 Å². The average Bonchev–Trinajstić information content (AvgIpc) is 2.82. The predicted octanol–water partition coefficient (Wildman–Crippen LogP) is 3.61. The van der Waals surface area contributed by atoms with Gasteiger partial charge in [0.05, 0.1) is 7.11 Å². The number of methoxy groups -OCH3 is 1. The number of carbonyl (C=O) groups excluding carboxylic acids is 1. The van der Waals surface area contributed by atoms with E-state index in [1.165, 1.54) is 17.6 Å². The molecule has 0 bridgehead atoms. The molecule has 2 saturated carbocycles. The summed E-state index contributed by atoms with van der Waals surface area (Å²) in [5.74, 6) is 3.10. The molecule has 0 saturated heterocycles. The van der Waals surface area contributed by atoms with Crippen LogP contribution in [0.25, 0.3) is 0 Å². The van der Waals surface area contributed by atoms with Crippen LogP contribution >= 0.6 is 0 Å². The van der Waals surface area contributed by atoms with Gasteiger partial charge in [0, 0.05) is 17.9 Å². The van der Waals surface area contributed by atoms with E-state index in [1.807, 2.05) is 0 Å². The van der Waals surface area contributed by atoms with Gasteiger partial charge in [-0.15, -0.1) is 0 Å². The Morgan fingerprint density at radius 3 is 2.95 bits per heavy atom. The smallest absolute Gasteiger partial charge is 0.279 e. The Balaban J connectivity index is 1.66. The van der Waals surface area contributed by atoms with Crippen LogP contribution < -0.4 is 0 Å². The molecule has 4 atom stereocenters. The van der Waals surface area contributed by atoms with Crippen molar-refractivity contribution in [2.24, 2.45) is 23.2 Å². The maximum absolute atomic E-state index is 12.3. The fraction of sp³-hybridized carbons (Fsp3) is 0.722. The van der Waals surface area contributed by atoms with Gasteiger partial charge in [-0.05, 0) is 61.0 Å². The van der Waals surface area contributed by atoms with Crippen molar-refractivity contribution in [2.45, 2.75) is 45.4 Å². The molecule has 1 heterocycles. The number of hydrogen-bond donors (Lipinski definition) is 0. The van der Waals surface area contributed by atoms with E-state index in [1.54, 1.807) is 7.11 Å². The molecule has 3 nitrogen and oxygen atoms in total. The fourth-order valence-electron chi connectivity index (χ4n) is 5.43. The van der Waals surface area contributed by atoms with E-state index >= 15 is 0 Å². The highest BCUT2D eigenvalue weighted by molar-refractivity contribution is 5.87. The Hall–Kier alpha value is -1.25. The summed E-state index contributed by atoms with van der Waals surface area (Å²) in [6.45, 7) is 2.92. The van der Waals surface area contributed by atoms with Gasteiger partial charge in [0.1, 0.15) is 12.4 Å². The minimum atomic E-state index is -0.0255. The normalized spacial score (nSPS) is 41.7. The van der Waals surface area contributed by atoms with Crippen LogP contribution in [0.5, 0.6) is 0 Å². The van der Waals surface area contributed by atoms with E-state index in [2.05, 4.69) is 13.0 Å². The molecule has 0 spiro atoms. The van der Waals surface area contributed by atoms with E-state index < -0.39 is 0 Å². The zero-order chi connectivity index (χ0) is 14.6. The molecule has 0 radical (unpaired) electrons. The summed E-state index contributed by atoms with van der Waals surface area (Å²) in [5.41, 5.74) is 2.91. The van der Waals surface area contributed by atoms with Crippen LogP contribution in [0, 0.1) is 23.2 Å². The first-order valence-electron chi connectivity index (χ1n) is 8.27. The Bertz CT molecular complexity index is 545. The first-order chi connectivity index (χ1) is 10.1. The van der Waals surface area contributed by atoms with Crippen LogP contribution in [0.1, 0.15) is 45.4 Å². The number of Topliss-reactive ketones (excluding diaryl/α,β-unsaturated/α-hetero) is 1. The summed E-state index contributed by atoms with van der Waals surface area (Å²) in [7, 11) is 1.67. The maximum Gasteiger partial charge on any atom is 0.279 e. The van der Waals surface area contributed by atoms with Crippen LogP contribution in [0.15, 0.2) is 23.2 Å². The molecule has 114 valence electrons. The molecule has 0 aromatic heterocycles. The number of carbonyl (C=O) groups is 1. The number of ether oxygens (including phenoxy) is 2. The third kappa shape index (κ3) is 1.82. The van der Waals surface area contributed by atoms with Crippen molar-refractivity contribution in [3.05, 3.63) is 23.2 Å². The Morgan fingerprint density at radius 2 is 2.14 bits per heavy atom. The van der Waals surface area contributed by atoms with E-state index in [-0.39, 0.29) is 5.41 Å². The number of allylic oxidation sites excluding steroid dienone is 2. The number of rotatable bonds is 1. The zero-order valence-electron chi connectivity index (χ0n) is 13.0. The van der Waals surface area contributed by atoms with Gasteiger partial charge < -0.3 is 9.47 Å². The van der Waals surface area contributed by atoms with Crippen molar-refractivity contribution >= 4 is 5.78 Å². The van der Waals surface area contributed by atoms with Gasteiger partial charge in [-0.2, -0.15) is 0 Å². The van der Waals surface area contributed by atoms with E-state index in [4.69, 9.17) is 9.47 Å². The summed E-state index contributed by atoms with van der Waals surface area (Å²) in [4.78, 5) is 12.3. The second-order valence-electron chi connectivity index (χ2n) is 7.34. The van der Waals surface area contributed by atoms with Crippen molar-refractivity contribution < 1.29 is 14.3 Å². The largest absolute Gasteiger partial charge is 0.469 e. The van der Waals surface area contributed by atoms with Crippen LogP contribution in [0.2, 0.25) is 0 Å². The van der Waals surface area contributed by atoms with Crippen LogP contribution in [0.3, 0.4) is 0 Å². The van der Waals surface area contributed by atoms with Gasteiger partial charge in [-0.3, -0.25) is 4.79 Å². The fourth-order valence-corrected chi connectivity index (χ4v) is 5.43. The highest BCUT2D eigenvalue weighted by atomic mass is 16.7. The number of hydrogen-bond acceptors (Lipinski definition) is 3. The Morgan fingerprint density at radius 1 is 1.29 bits per heavy atom. The molecule has 0 N–H and O–H groups in total. The molecular formula is C18H24O3. The average molecular weight is 288 g/mol. The molecule has 4 aliphatic rings. The van der Waals surface area contributed by atoms with Crippen LogP contribution in [0.4, 0.5) is 0 Å². The van der Waals surface area contributed by atoms with E-state index in [9.17, 15) is 4.79 Å². The van der Waals surface area contributed by atoms with Crippen LogP contribution in [-0.2, 0) is 14.3 Å². The number of ketones is 1. The SMILES string of the molecule is COC1=CC2=C(CO1)[C@H]1CC[C@]3(C)C(=O)CC[C@H]3[C@@H]1CC2. The summed E-state index contributed by atoms with van der Waals surface area (Å²) < 4.78 is 11.0. The Kier molecular flexibility index (Phi) is 2.95. The highest BCUT2D eigenvalue weighted by Gasteiger charge is 2.55. The van der Waals surface area contributed by atoms with Crippen molar-refractivity contribution in [1.29, 1.82) is 0 Å². The summed E-state index contributed by atoms with van der Waals surface area (Å²) in [6, 6.07) is 0. The van der Waals surface area contributed by atoms with Gasteiger partial charge in [0.25, 0.3) is 5.95 Å². The highest BCUT2D eigenvalue weighted by Crippen LogP contribution is 2.59. The maximum atomic E-state index is 12.3. The monoisotopic (exact) mass is 288 g/mol. The predicted molar refractivity (Wildman–Crippen MR) is 79.4 cm³/mol. The quantitative estimate of drug-likeness (QED) is 0.739. The van der Waals surface area contributed by atoms with Gasteiger partial charge in [0.15, 0.2) is 0 Å². The topological polar surface area (TPSA) is 35.5 Å². The van der Waals surface area contributed by atoms with Crippen molar-refractivity contribution in [1.82, 2.24) is 0 Å². The molecule has 3 heteroatoms. The van der Waals surface area contributed by atoms with Crippen LogP contribution in [-0.4, -0.2) is 19.5 Å². The lowest BCUT2D eigenvalue weighted by molar-refractivity contribution is -0.129. The summed E-state index contributed by atoms with van der Waals surface area (Å²) in [6.07, 6.45) is 8.57. The minimum absolute atomic E-state index is 0.0255. The second kappa shape index (κ2) is 4.62. The lowest BCUT2D eigenvalue weighted by Crippen LogP contribution is -2.44. The molecule has 4 rings (SSSR count). The van der Waals surface area contributed by atoms with Crippen molar-refractivity contribution in [3.8, 4) is 0 Å². The molecule has 21 heavy (non-hydrogen) atoms. The standard InChI is InChI=1S/C18H24O3/c1-18-8-7-12-13(15(18)5-6-16(18)19)4-3-11-9-17(20-2)21-10-14(11)12/h9,12-13,15H,3-8,10H2,1-2H3/t12-,13+,15-,18-/m0/s1. The molecule has 0 aromatic rings. The molecular weight excluding hydrogens is 264 g/mol. The molecule has 2 fully saturated rings. The molecule has 3 aliphatic carbocycles. The first-order valence-corrected chi connectivity index (χ1v) is 8.27. The molecule has 0 unspecified atom stereocenters. The Labute approximate surface area is 126 Å². The first kappa shape index (κ1) is 13.4.